The number of ether oxygens (including phenoxy) is 1. The molecule has 0 fully saturated rings. The van der Waals surface area contributed by atoms with Gasteiger partial charge in [-0.1, -0.05) is 54.1 Å². The lowest BCUT2D eigenvalue weighted by molar-refractivity contribution is -0.143. The molecule has 124 valence electrons. The topological polar surface area (TPSA) is 50.4 Å². The molecular weight excluding hydrogens is 324 g/mol. The van der Waals surface area contributed by atoms with E-state index < -0.39 is 0 Å². The molecule has 1 aromatic carbocycles. The first-order valence-electron chi connectivity index (χ1n) is 8.12. The zero-order valence-electron chi connectivity index (χ0n) is 13.3. The van der Waals surface area contributed by atoms with Crippen LogP contribution in [0.2, 0.25) is 5.02 Å². The molecule has 1 aromatic rings. The Morgan fingerprint density at radius 3 is 2.83 bits per heavy atom. The van der Waals surface area contributed by atoms with Gasteiger partial charge in [-0.2, -0.15) is 0 Å². The molecule has 0 aromatic heterocycles. The zero-order chi connectivity index (χ0) is 16.7. The van der Waals surface area contributed by atoms with Gasteiger partial charge in [0.2, 0.25) is 0 Å². The van der Waals surface area contributed by atoms with Crippen molar-refractivity contribution in [1.29, 1.82) is 0 Å². The van der Waals surface area contributed by atoms with E-state index in [1.54, 1.807) is 0 Å². The number of carbonyl (C=O) groups excluding carboxylic acids is 1. The van der Waals surface area contributed by atoms with Crippen LogP contribution in [-0.2, 0) is 9.53 Å². The molecule has 4 rings (SSSR count). The third-order valence-electron chi connectivity index (χ3n) is 4.99. The van der Waals surface area contributed by atoms with Gasteiger partial charge in [0.25, 0.3) is 0 Å². The normalized spacial score (nSPS) is 30.6. The number of esters is 1. The SMILES string of the molecule is COC(=O)C1CC2=C(NC3C=CC=CC23)C(c2ccccc2Cl)N1. The molecule has 0 amide bonds. The van der Waals surface area contributed by atoms with Gasteiger partial charge in [0.15, 0.2) is 0 Å². The Balaban J connectivity index is 1.78. The zero-order valence-corrected chi connectivity index (χ0v) is 14.1. The van der Waals surface area contributed by atoms with Crippen LogP contribution in [-0.4, -0.2) is 25.2 Å². The highest BCUT2D eigenvalue weighted by Crippen LogP contribution is 2.42. The van der Waals surface area contributed by atoms with Crippen molar-refractivity contribution < 1.29 is 9.53 Å². The van der Waals surface area contributed by atoms with E-state index in [9.17, 15) is 4.79 Å². The van der Waals surface area contributed by atoms with E-state index in [1.807, 2.05) is 24.3 Å². The van der Waals surface area contributed by atoms with Crippen LogP contribution in [0.4, 0.5) is 0 Å². The minimum Gasteiger partial charge on any atom is -0.468 e. The molecule has 0 saturated carbocycles. The first-order chi connectivity index (χ1) is 11.7. The Morgan fingerprint density at radius 2 is 2.04 bits per heavy atom. The summed E-state index contributed by atoms with van der Waals surface area (Å²) in [6.45, 7) is 0. The van der Waals surface area contributed by atoms with Crippen LogP contribution in [0.1, 0.15) is 18.0 Å². The first-order valence-corrected chi connectivity index (χ1v) is 8.49. The van der Waals surface area contributed by atoms with Gasteiger partial charge in [-0.15, -0.1) is 0 Å². The molecule has 0 radical (unpaired) electrons. The predicted octanol–water partition coefficient (Wildman–Crippen LogP) is 2.88. The largest absolute Gasteiger partial charge is 0.468 e. The third kappa shape index (κ3) is 2.46. The van der Waals surface area contributed by atoms with Crippen molar-refractivity contribution in [3.63, 3.8) is 0 Å². The number of methoxy groups -OCH3 is 1. The Hall–Kier alpha value is -2.04. The van der Waals surface area contributed by atoms with Crippen LogP contribution < -0.4 is 10.6 Å². The van der Waals surface area contributed by atoms with Crippen molar-refractivity contribution in [3.05, 3.63) is 70.4 Å². The first kappa shape index (κ1) is 15.5. The average molecular weight is 343 g/mol. The average Bonchev–Trinajstić information content (AvgIpc) is 2.99. The summed E-state index contributed by atoms with van der Waals surface area (Å²) in [4.78, 5) is 12.2. The molecule has 2 N–H and O–H groups in total. The number of hydrogen-bond acceptors (Lipinski definition) is 4. The number of nitrogens with one attached hydrogen (secondary N) is 2. The maximum Gasteiger partial charge on any atom is 0.323 e. The molecule has 0 bridgehead atoms. The summed E-state index contributed by atoms with van der Waals surface area (Å²) in [5.41, 5.74) is 3.37. The molecule has 1 aliphatic carbocycles. The van der Waals surface area contributed by atoms with Gasteiger partial charge in [0.1, 0.15) is 6.04 Å². The summed E-state index contributed by atoms with van der Waals surface area (Å²) in [5.74, 6) is 0.0432. The van der Waals surface area contributed by atoms with Gasteiger partial charge in [-0.05, 0) is 23.6 Å². The number of rotatable bonds is 2. The predicted molar refractivity (Wildman–Crippen MR) is 93.5 cm³/mol. The Kier molecular flexibility index (Phi) is 3.94. The highest BCUT2D eigenvalue weighted by molar-refractivity contribution is 6.31. The molecule has 4 unspecified atom stereocenters. The van der Waals surface area contributed by atoms with Crippen LogP contribution >= 0.6 is 11.6 Å². The Bertz CT molecular complexity index is 768. The third-order valence-corrected chi connectivity index (χ3v) is 5.33. The quantitative estimate of drug-likeness (QED) is 0.811. The fraction of sp³-hybridized carbons (Fsp3) is 0.316. The second-order valence-electron chi connectivity index (χ2n) is 6.31. The molecule has 24 heavy (non-hydrogen) atoms. The summed E-state index contributed by atoms with van der Waals surface area (Å²) < 4.78 is 4.98. The Labute approximate surface area is 146 Å². The van der Waals surface area contributed by atoms with Crippen molar-refractivity contribution in [1.82, 2.24) is 10.6 Å². The van der Waals surface area contributed by atoms with Gasteiger partial charge in [0.05, 0.1) is 19.2 Å². The van der Waals surface area contributed by atoms with Gasteiger partial charge in [-0.3, -0.25) is 10.1 Å². The van der Waals surface area contributed by atoms with Gasteiger partial charge in [0, 0.05) is 16.6 Å². The monoisotopic (exact) mass is 342 g/mol. The summed E-state index contributed by atoms with van der Waals surface area (Å²) >= 11 is 6.43. The van der Waals surface area contributed by atoms with Gasteiger partial charge < -0.3 is 10.1 Å². The molecule has 5 heteroatoms. The van der Waals surface area contributed by atoms with Crippen LogP contribution in [0.3, 0.4) is 0 Å². The van der Waals surface area contributed by atoms with E-state index in [4.69, 9.17) is 16.3 Å². The van der Waals surface area contributed by atoms with E-state index in [0.29, 0.717) is 11.4 Å². The molecule has 4 nitrogen and oxygen atoms in total. The van der Waals surface area contributed by atoms with Crippen LogP contribution in [0.15, 0.2) is 59.8 Å². The number of hydrogen-bond donors (Lipinski definition) is 2. The van der Waals surface area contributed by atoms with Gasteiger partial charge in [-0.25, -0.2) is 0 Å². The van der Waals surface area contributed by atoms with Crippen LogP contribution in [0.5, 0.6) is 0 Å². The Morgan fingerprint density at radius 1 is 1.25 bits per heavy atom. The van der Waals surface area contributed by atoms with E-state index in [-0.39, 0.29) is 30.0 Å². The molecule has 2 heterocycles. The highest BCUT2D eigenvalue weighted by atomic mass is 35.5. The summed E-state index contributed by atoms with van der Waals surface area (Å²) in [5, 5.41) is 7.72. The maximum atomic E-state index is 12.2. The number of benzene rings is 1. The summed E-state index contributed by atoms with van der Waals surface area (Å²) in [7, 11) is 1.43. The summed E-state index contributed by atoms with van der Waals surface area (Å²) in [6.07, 6.45) is 9.14. The molecular formula is C19H19ClN2O2. The lowest BCUT2D eigenvalue weighted by Crippen LogP contribution is -2.45. The lowest BCUT2D eigenvalue weighted by atomic mass is 9.83. The number of halogens is 1. The van der Waals surface area contributed by atoms with Crippen molar-refractivity contribution in [2.45, 2.75) is 24.5 Å². The fourth-order valence-corrected chi connectivity index (χ4v) is 4.10. The fourth-order valence-electron chi connectivity index (χ4n) is 3.86. The minimum absolute atomic E-state index is 0.140. The van der Waals surface area contributed by atoms with Crippen molar-refractivity contribution in [2.24, 2.45) is 5.92 Å². The van der Waals surface area contributed by atoms with E-state index in [0.717, 1.165) is 11.3 Å². The smallest absolute Gasteiger partial charge is 0.323 e. The van der Waals surface area contributed by atoms with Gasteiger partial charge >= 0.3 is 5.97 Å². The highest BCUT2D eigenvalue weighted by Gasteiger charge is 2.42. The van der Waals surface area contributed by atoms with E-state index in [2.05, 4.69) is 34.9 Å². The van der Waals surface area contributed by atoms with Crippen LogP contribution in [0, 0.1) is 5.92 Å². The number of allylic oxidation sites excluding steroid dienone is 2. The molecule has 0 spiro atoms. The molecule has 4 atom stereocenters. The second-order valence-corrected chi connectivity index (χ2v) is 6.71. The summed E-state index contributed by atoms with van der Waals surface area (Å²) in [6, 6.07) is 7.49. The van der Waals surface area contributed by atoms with Crippen molar-refractivity contribution in [3.8, 4) is 0 Å². The van der Waals surface area contributed by atoms with E-state index in [1.165, 1.54) is 12.7 Å². The van der Waals surface area contributed by atoms with Crippen molar-refractivity contribution >= 4 is 17.6 Å². The number of fused-ring (bicyclic) bond motifs is 2. The second kappa shape index (κ2) is 6.11. The molecule has 0 saturated heterocycles. The standard InChI is InChI=1S/C19H19ClN2O2/c1-24-19(23)16-10-13-11-6-3-5-9-15(11)21-18(13)17(22-16)12-7-2-4-8-14(12)20/h2-9,11,15-17,21-22H,10H2,1H3. The maximum absolute atomic E-state index is 12.2. The number of carbonyl (C=O) groups is 1. The van der Waals surface area contributed by atoms with Crippen molar-refractivity contribution in [2.75, 3.05) is 7.11 Å². The molecule has 3 aliphatic rings. The van der Waals surface area contributed by atoms with E-state index >= 15 is 0 Å². The van der Waals surface area contributed by atoms with Crippen LogP contribution in [0.25, 0.3) is 0 Å². The minimum atomic E-state index is -0.366. The molecule has 2 aliphatic heterocycles. The lowest BCUT2D eigenvalue weighted by Gasteiger charge is -2.32.